The second kappa shape index (κ2) is 6.05. The zero-order chi connectivity index (χ0) is 14.7. The van der Waals surface area contributed by atoms with Crippen LogP contribution in [0, 0.1) is 20.8 Å². The van der Waals surface area contributed by atoms with E-state index >= 15 is 0 Å². The number of aromatic nitrogens is 3. The van der Waals surface area contributed by atoms with E-state index in [9.17, 15) is 4.79 Å². The summed E-state index contributed by atoms with van der Waals surface area (Å²) in [4.78, 5) is 15.4. The van der Waals surface area contributed by atoms with Gasteiger partial charge in [0.25, 0.3) is 0 Å². The lowest BCUT2D eigenvalue weighted by Crippen LogP contribution is -2.16. The lowest BCUT2D eigenvalue weighted by molar-refractivity contribution is -0.113. The van der Waals surface area contributed by atoms with Crippen LogP contribution in [0.5, 0.6) is 0 Å². The van der Waals surface area contributed by atoms with Crippen LogP contribution in [0.4, 0.5) is 5.69 Å². The summed E-state index contributed by atoms with van der Waals surface area (Å²) in [5.74, 6) is -0.236. The fraction of sp³-hybridized carbons (Fsp3) is 0.357. The van der Waals surface area contributed by atoms with Crippen LogP contribution in [-0.2, 0) is 11.3 Å². The fourth-order valence-corrected chi connectivity index (χ4v) is 2.25. The first kappa shape index (κ1) is 14.5. The smallest absolute Gasteiger partial charge is 0.239 e. The van der Waals surface area contributed by atoms with Crippen LogP contribution in [0.15, 0.2) is 18.7 Å². The maximum atomic E-state index is 11.5. The van der Waals surface area contributed by atoms with E-state index in [0.29, 0.717) is 6.54 Å². The molecule has 1 heterocycles. The van der Waals surface area contributed by atoms with Gasteiger partial charge >= 0.3 is 0 Å². The summed E-state index contributed by atoms with van der Waals surface area (Å²) in [6.45, 7) is 6.67. The molecule has 0 aliphatic rings. The number of nitrogens with zero attached hydrogens (tertiary/aromatic N) is 3. The number of hydrogen-bond acceptors (Lipinski definition) is 3. The summed E-state index contributed by atoms with van der Waals surface area (Å²) in [5.41, 5.74) is 5.21. The zero-order valence-electron chi connectivity index (χ0n) is 11.8. The molecule has 2 aromatic rings. The van der Waals surface area contributed by atoms with E-state index in [4.69, 9.17) is 11.6 Å². The van der Waals surface area contributed by atoms with Gasteiger partial charge in [0.05, 0.1) is 6.54 Å². The molecular weight excluding hydrogens is 276 g/mol. The van der Waals surface area contributed by atoms with Gasteiger partial charge in [-0.2, -0.15) is 5.10 Å². The van der Waals surface area contributed by atoms with E-state index in [-0.39, 0.29) is 11.8 Å². The minimum absolute atomic E-state index is 0.0430. The number of amides is 1. The lowest BCUT2D eigenvalue weighted by Gasteiger charge is -2.17. The quantitative estimate of drug-likeness (QED) is 0.881. The third-order valence-electron chi connectivity index (χ3n) is 3.39. The molecule has 0 fully saturated rings. The van der Waals surface area contributed by atoms with Gasteiger partial charge < -0.3 is 5.32 Å². The molecule has 1 aromatic heterocycles. The van der Waals surface area contributed by atoms with Crippen molar-refractivity contribution in [1.29, 1.82) is 0 Å². The zero-order valence-corrected chi connectivity index (χ0v) is 12.5. The van der Waals surface area contributed by atoms with Gasteiger partial charge in [-0.05, 0) is 43.0 Å². The number of rotatable bonds is 4. The van der Waals surface area contributed by atoms with Crippen molar-refractivity contribution in [2.24, 2.45) is 0 Å². The van der Waals surface area contributed by atoms with Crippen molar-refractivity contribution in [2.75, 3.05) is 11.2 Å². The molecule has 0 atom stereocenters. The second-order valence-corrected chi connectivity index (χ2v) is 5.02. The standard InChI is InChI=1S/C14H17ClN4O/c1-9-4-12(6-19-8-16-7-17-19)10(2)11(3)14(9)18-13(20)5-15/h4,7-8H,5-6H2,1-3H3,(H,18,20). The molecule has 0 saturated carbocycles. The second-order valence-electron chi connectivity index (χ2n) is 4.75. The molecule has 2 rings (SSSR count). The minimum atomic E-state index is -0.193. The largest absolute Gasteiger partial charge is 0.325 e. The van der Waals surface area contributed by atoms with Crippen molar-refractivity contribution < 1.29 is 4.79 Å². The molecule has 1 aromatic carbocycles. The molecule has 0 saturated heterocycles. The number of hydrogen-bond donors (Lipinski definition) is 1. The molecule has 1 N–H and O–H groups in total. The number of aryl methyl sites for hydroxylation is 1. The van der Waals surface area contributed by atoms with E-state index in [0.717, 1.165) is 27.9 Å². The van der Waals surface area contributed by atoms with Gasteiger partial charge in [-0.1, -0.05) is 6.07 Å². The molecule has 0 aliphatic heterocycles. The average Bonchev–Trinajstić information content (AvgIpc) is 2.93. The molecule has 6 heteroatoms. The lowest BCUT2D eigenvalue weighted by atomic mass is 9.97. The first-order chi connectivity index (χ1) is 9.52. The molecular formula is C14H17ClN4O. The summed E-state index contributed by atoms with van der Waals surface area (Å²) in [6.07, 6.45) is 3.21. The van der Waals surface area contributed by atoms with Crippen molar-refractivity contribution >= 4 is 23.2 Å². The van der Waals surface area contributed by atoms with Crippen molar-refractivity contribution in [3.05, 3.63) is 41.0 Å². The fourth-order valence-electron chi connectivity index (χ4n) is 2.18. The van der Waals surface area contributed by atoms with Gasteiger partial charge in [-0.3, -0.25) is 4.79 Å². The summed E-state index contributed by atoms with van der Waals surface area (Å²) in [6, 6.07) is 2.06. The normalized spacial score (nSPS) is 10.6. The van der Waals surface area contributed by atoms with E-state index < -0.39 is 0 Å². The van der Waals surface area contributed by atoms with Crippen LogP contribution in [-0.4, -0.2) is 26.6 Å². The summed E-state index contributed by atoms with van der Waals surface area (Å²) in [5, 5.41) is 6.96. The average molecular weight is 293 g/mol. The molecule has 0 aliphatic carbocycles. The number of anilines is 1. The number of alkyl halides is 1. The topological polar surface area (TPSA) is 59.8 Å². The van der Waals surface area contributed by atoms with Crippen molar-refractivity contribution in [3.8, 4) is 0 Å². The Balaban J connectivity index is 2.35. The van der Waals surface area contributed by atoms with E-state index in [1.165, 1.54) is 6.33 Å². The van der Waals surface area contributed by atoms with Crippen LogP contribution < -0.4 is 5.32 Å². The third-order valence-corrected chi connectivity index (χ3v) is 3.63. The summed E-state index contributed by atoms with van der Waals surface area (Å²) in [7, 11) is 0. The maximum absolute atomic E-state index is 11.5. The van der Waals surface area contributed by atoms with Gasteiger partial charge in [0.1, 0.15) is 18.5 Å². The molecule has 20 heavy (non-hydrogen) atoms. The predicted octanol–water partition coefficient (Wildman–Crippen LogP) is 2.43. The Hall–Kier alpha value is -1.88. The van der Waals surface area contributed by atoms with Crippen molar-refractivity contribution in [3.63, 3.8) is 0 Å². The number of carbonyl (C=O) groups excluding carboxylic acids is 1. The summed E-state index contributed by atoms with van der Waals surface area (Å²) >= 11 is 5.54. The molecule has 1 amide bonds. The summed E-state index contributed by atoms with van der Waals surface area (Å²) < 4.78 is 1.78. The molecule has 0 spiro atoms. The number of halogens is 1. The molecule has 106 valence electrons. The molecule has 0 radical (unpaired) electrons. The van der Waals surface area contributed by atoms with Crippen LogP contribution in [0.3, 0.4) is 0 Å². The Bertz CT molecular complexity index is 623. The number of nitrogens with one attached hydrogen (secondary N) is 1. The Morgan fingerprint density at radius 1 is 1.35 bits per heavy atom. The van der Waals surface area contributed by atoms with Crippen molar-refractivity contribution in [1.82, 2.24) is 14.8 Å². The van der Waals surface area contributed by atoms with E-state index in [2.05, 4.69) is 21.5 Å². The minimum Gasteiger partial charge on any atom is -0.325 e. The van der Waals surface area contributed by atoms with E-state index in [1.807, 2.05) is 20.8 Å². The molecule has 5 nitrogen and oxygen atoms in total. The highest BCUT2D eigenvalue weighted by Crippen LogP contribution is 2.27. The number of carbonyl (C=O) groups is 1. The van der Waals surface area contributed by atoms with Crippen LogP contribution in [0.25, 0.3) is 0 Å². The molecule has 0 unspecified atom stereocenters. The van der Waals surface area contributed by atoms with Gasteiger partial charge in [-0.25, -0.2) is 9.67 Å². The number of benzene rings is 1. The van der Waals surface area contributed by atoms with Gasteiger partial charge in [-0.15, -0.1) is 11.6 Å². The third kappa shape index (κ3) is 2.99. The van der Waals surface area contributed by atoms with Crippen LogP contribution in [0.2, 0.25) is 0 Å². The van der Waals surface area contributed by atoms with Gasteiger partial charge in [0.15, 0.2) is 0 Å². The van der Waals surface area contributed by atoms with Crippen LogP contribution in [0.1, 0.15) is 22.3 Å². The predicted molar refractivity (Wildman–Crippen MR) is 79.1 cm³/mol. The Morgan fingerprint density at radius 3 is 2.70 bits per heavy atom. The van der Waals surface area contributed by atoms with Gasteiger partial charge in [0.2, 0.25) is 5.91 Å². The van der Waals surface area contributed by atoms with Crippen molar-refractivity contribution in [2.45, 2.75) is 27.3 Å². The SMILES string of the molecule is Cc1cc(Cn2cncn2)c(C)c(C)c1NC(=O)CCl. The van der Waals surface area contributed by atoms with Crippen LogP contribution >= 0.6 is 11.6 Å². The monoisotopic (exact) mass is 292 g/mol. The first-order valence-corrected chi connectivity index (χ1v) is 6.84. The van der Waals surface area contributed by atoms with Gasteiger partial charge in [0, 0.05) is 5.69 Å². The first-order valence-electron chi connectivity index (χ1n) is 6.30. The Labute approximate surface area is 123 Å². The highest BCUT2D eigenvalue weighted by Gasteiger charge is 2.12. The Morgan fingerprint density at radius 2 is 2.10 bits per heavy atom. The highest BCUT2D eigenvalue weighted by atomic mass is 35.5. The highest BCUT2D eigenvalue weighted by molar-refractivity contribution is 6.29. The Kier molecular flexibility index (Phi) is 4.39. The van der Waals surface area contributed by atoms with E-state index in [1.54, 1.807) is 11.0 Å². The molecule has 0 bridgehead atoms. The maximum Gasteiger partial charge on any atom is 0.239 e.